The molecule has 8 heteroatoms. The summed E-state index contributed by atoms with van der Waals surface area (Å²) in [6.07, 6.45) is 8.76. The number of carbonyl (C=O) groups is 1. The number of carbonyl (C=O) groups excluding carboxylic acids is 1. The zero-order valence-electron chi connectivity index (χ0n) is 23.2. The molecule has 0 unspecified atom stereocenters. The van der Waals surface area contributed by atoms with E-state index in [0.29, 0.717) is 11.8 Å². The van der Waals surface area contributed by atoms with Crippen molar-refractivity contribution in [3.63, 3.8) is 0 Å². The lowest BCUT2D eigenvalue weighted by molar-refractivity contribution is -0.121. The highest BCUT2D eigenvalue weighted by molar-refractivity contribution is 6.09. The van der Waals surface area contributed by atoms with Gasteiger partial charge in [-0.05, 0) is 83.0 Å². The summed E-state index contributed by atoms with van der Waals surface area (Å²) in [7, 11) is 0. The Morgan fingerprint density at radius 2 is 2.08 bits per heavy atom. The number of ether oxygens (including phenoxy) is 1. The van der Waals surface area contributed by atoms with E-state index < -0.39 is 0 Å². The number of amides is 1. The number of anilines is 1. The standard InChI is InChI=1S/C32H36N6O2/c1-4-26(37-31(33-3)36-22-8-6-17-34-20-22)25-10-7-18-35-29(25)40-28-21(2)12-13-23-24(28)9-5-11-27(23)38-19-16-32(14-15-32)30(38)39/h4-5,7,9-13,18,22,34H,3,6,8,14-17,19-20H2,1-2H3,(H,36,37)/b26-4-/t22-/m0/s1. The Morgan fingerprint density at radius 3 is 2.80 bits per heavy atom. The second-order valence-electron chi connectivity index (χ2n) is 11.0. The number of allylic oxidation sites excluding steroid dienone is 1. The number of hydrogen-bond acceptors (Lipinski definition) is 5. The molecule has 1 spiro atoms. The van der Waals surface area contributed by atoms with Gasteiger partial charge in [-0.15, -0.1) is 0 Å². The van der Waals surface area contributed by atoms with Gasteiger partial charge in [-0.1, -0.05) is 30.3 Å². The number of aryl methyl sites for hydroxylation is 1. The van der Waals surface area contributed by atoms with Crippen LogP contribution < -0.4 is 20.3 Å². The van der Waals surface area contributed by atoms with Gasteiger partial charge in [0.1, 0.15) is 5.75 Å². The van der Waals surface area contributed by atoms with Crippen molar-refractivity contribution in [2.45, 2.75) is 52.0 Å². The Bertz CT molecular complexity index is 1520. The highest BCUT2D eigenvalue weighted by Crippen LogP contribution is 2.55. The predicted molar refractivity (Wildman–Crippen MR) is 161 cm³/mol. The van der Waals surface area contributed by atoms with Gasteiger partial charge in [-0.25, -0.2) is 15.0 Å². The normalized spacial score (nSPS) is 20.7. The third kappa shape index (κ3) is 4.88. The number of pyridine rings is 1. The van der Waals surface area contributed by atoms with Gasteiger partial charge in [0.05, 0.1) is 22.7 Å². The molecule has 2 N–H and O–H groups in total. The fraction of sp³-hybridized carbons (Fsp3) is 0.375. The van der Waals surface area contributed by atoms with E-state index in [4.69, 9.17) is 9.73 Å². The maximum atomic E-state index is 13.2. The van der Waals surface area contributed by atoms with Crippen LogP contribution >= 0.6 is 0 Å². The van der Waals surface area contributed by atoms with Crippen molar-refractivity contribution in [1.82, 2.24) is 15.6 Å². The van der Waals surface area contributed by atoms with E-state index in [2.05, 4.69) is 45.5 Å². The summed E-state index contributed by atoms with van der Waals surface area (Å²) in [5.41, 5.74) is 3.40. The van der Waals surface area contributed by atoms with Crippen LogP contribution in [-0.2, 0) is 4.79 Å². The van der Waals surface area contributed by atoms with E-state index in [1.807, 2.05) is 49.1 Å². The number of aromatic nitrogens is 1. The fourth-order valence-electron chi connectivity index (χ4n) is 5.88. The van der Waals surface area contributed by atoms with Crippen molar-refractivity contribution < 1.29 is 9.53 Å². The van der Waals surface area contributed by atoms with Crippen LogP contribution in [-0.4, -0.2) is 49.2 Å². The van der Waals surface area contributed by atoms with Gasteiger partial charge < -0.3 is 20.3 Å². The molecular formula is C32H36N6O2. The molecule has 2 saturated heterocycles. The molecule has 3 fully saturated rings. The first-order valence-corrected chi connectivity index (χ1v) is 14.2. The average molecular weight is 537 g/mol. The molecule has 1 amide bonds. The molecule has 0 bridgehead atoms. The first-order chi connectivity index (χ1) is 19.5. The van der Waals surface area contributed by atoms with Gasteiger partial charge in [0.2, 0.25) is 17.7 Å². The minimum Gasteiger partial charge on any atom is -0.437 e. The van der Waals surface area contributed by atoms with E-state index in [-0.39, 0.29) is 17.4 Å². The van der Waals surface area contributed by atoms with E-state index in [1.165, 1.54) is 0 Å². The first-order valence-electron chi connectivity index (χ1n) is 14.2. The Morgan fingerprint density at radius 1 is 1.20 bits per heavy atom. The molecular weight excluding hydrogens is 500 g/mol. The van der Waals surface area contributed by atoms with Crippen LogP contribution in [0.15, 0.2) is 64.7 Å². The van der Waals surface area contributed by atoms with Crippen LogP contribution in [0, 0.1) is 12.3 Å². The second kappa shape index (κ2) is 10.8. The summed E-state index contributed by atoms with van der Waals surface area (Å²) in [5, 5.41) is 8.69. The molecule has 40 heavy (non-hydrogen) atoms. The molecule has 8 nitrogen and oxygen atoms in total. The third-order valence-corrected chi connectivity index (χ3v) is 8.36. The molecule has 1 aromatic heterocycles. The monoisotopic (exact) mass is 536 g/mol. The maximum Gasteiger partial charge on any atom is 0.233 e. The number of hydrogen-bond donors (Lipinski definition) is 2. The lowest BCUT2D eigenvalue weighted by atomic mass is 10.0. The van der Waals surface area contributed by atoms with E-state index in [1.54, 1.807) is 6.20 Å². The highest BCUT2D eigenvalue weighted by Gasteiger charge is 2.55. The van der Waals surface area contributed by atoms with Gasteiger partial charge >= 0.3 is 0 Å². The quantitative estimate of drug-likeness (QED) is 0.316. The first kappa shape index (κ1) is 26.2. The number of rotatable bonds is 6. The van der Waals surface area contributed by atoms with E-state index >= 15 is 0 Å². The van der Waals surface area contributed by atoms with Crippen molar-refractivity contribution >= 4 is 40.7 Å². The van der Waals surface area contributed by atoms with Crippen LogP contribution in [0.25, 0.3) is 16.5 Å². The van der Waals surface area contributed by atoms with Gasteiger partial charge in [0, 0.05) is 35.8 Å². The van der Waals surface area contributed by atoms with Gasteiger partial charge in [0.25, 0.3) is 0 Å². The van der Waals surface area contributed by atoms with Crippen molar-refractivity contribution in [1.29, 1.82) is 0 Å². The largest absolute Gasteiger partial charge is 0.437 e. The Labute approximate surface area is 235 Å². The molecule has 1 aliphatic carbocycles. The van der Waals surface area contributed by atoms with E-state index in [9.17, 15) is 4.79 Å². The summed E-state index contributed by atoms with van der Waals surface area (Å²) in [4.78, 5) is 28.7. The zero-order chi connectivity index (χ0) is 27.7. The molecule has 2 aliphatic heterocycles. The van der Waals surface area contributed by atoms with Gasteiger partial charge in [-0.3, -0.25) is 4.79 Å². The van der Waals surface area contributed by atoms with Crippen molar-refractivity contribution in [2.24, 2.45) is 15.4 Å². The lowest BCUT2D eigenvalue weighted by Crippen LogP contribution is -2.34. The van der Waals surface area contributed by atoms with Crippen LogP contribution in [0.5, 0.6) is 11.6 Å². The smallest absolute Gasteiger partial charge is 0.233 e. The lowest BCUT2D eigenvalue weighted by Gasteiger charge is -2.21. The summed E-state index contributed by atoms with van der Waals surface area (Å²) in [6, 6.07) is 14.3. The molecule has 3 aromatic rings. The highest BCUT2D eigenvalue weighted by atomic mass is 16.5. The van der Waals surface area contributed by atoms with Crippen molar-refractivity contribution in [3.8, 4) is 11.6 Å². The molecule has 3 heterocycles. The zero-order valence-corrected chi connectivity index (χ0v) is 23.2. The number of aliphatic imine (C=N–C) groups is 2. The number of nitrogens with zero attached hydrogens (tertiary/aromatic N) is 4. The Balaban J connectivity index is 1.32. The van der Waals surface area contributed by atoms with Crippen LogP contribution in [0.1, 0.15) is 50.2 Å². The summed E-state index contributed by atoms with van der Waals surface area (Å²) >= 11 is 0. The molecule has 1 atom stereocenters. The van der Waals surface area contributed by atoms with Crippen molar-refractivity contribution in [3.05, 3.63) is 65.9 Å². The topological polar surface area (TPSA) is 91.2 Å². The number of guanidine groups is 1. The number of nitrogens with one attached hydrogen (secondary N) is 2. The van der Waals surface area contributed by atoms with Crippen LogP contribution in [0.4, 0.5) is 5.69 Å². The van der Waals surface area contributed by atoms with Gasteiger partial charge in [0.15, 0.2) is 0 Å². The summed E-state index contributed by atoms with van der Waals surface area (Å²) < 4.78 is 6.61. The average Bonchev–Trinajstić information content (AvgIpc) is 3.71. The summed E-state index contributed by atoms with van der Waals surface area (Å²) in [5.74, 6) is 1.94. The molecule has 0 radical (unpaired) electrons. The fourth-order valence-corrected chi connectivity index (χ4v) is 5.88. The molecule has 3 aliphatic rings. The number of benzene rings is 2. The molecule has 2 aromatic carbocycles. The molecule has 6 rings (SSSR count). The van der Waals surface area contributed by atoms with Crippen molar-refractivity contribution in [2.75, 3.05) is 24.5 Å². The maximum absolute atomic E-state index is 13.2. The molecule has 1 saturated carbocycles. The van der Waals surface area contributed by atoms with Gasteiger partial charge in [-0.2, -0.15) is 0 Å². The number of fused-ring (bicyclic) bond motifs is 1. The van der Waals surface area contributed by atoms with Crippen LogP contribution in [0.3, 0.4) is 0 Å². The SMILES string of the molecule is C=NC(=N[C@H]1CCCNC1)N/C(=C\C)c1cccnc1Oc1c(C)ccc2c(N3CCC4(CC4)C3=O)cccc12. The minimum atomic E-state index is -0.110. The third-order valence-electron chi connectivity index (χ3n) is 8.36. The minimum absolute atomic E-state index is 0.110. The Hall–Kier alpha value is -4.04. The summed E-state index contributed by atoms with van der Waals surface area (Å²) in [6.45, 7) is 10.3. The molecule has 206 valence electrons. The van der Waals surface area contributed by atoms with E-state index in [0.717, 1.165) is 90.8 Å². The second-order valence-corrected chi connectivity index (χ2v) is 11.0. The number of piperidine rings is 1. The van der Waals surface area contributed by atoms with Crippen LogP contribution in [0.2, 0.25) is 0 Å². The Kier molecular flexibility index (Phi) is 7.11. The predicted octanol–water partition coefficient (Wildman–Crippen LogP) is 5.61.